The van der Waals surface area contributed by atoms with Crippen molar-refractivity contribution in [3.63, 3.8) is 0 Å². The van der Waals surface area contributed by atoms with Gasteiger partial charge in [0.25, 0.3) is 0 Å². The van der Waals surface area contributed by atoms with Crippen molar-refractivity contribution in [2.45, 2.75) is 0 Å². The summed E-state index contributed by atoms with van der Waals surface area (Å²) in [5.41, 5.74) is 22.7. The second-order valence-corrected chi connectivity index (χ2v) is 7.94. The molecule has 5 aromatic rings. The first-order chi connectivity index (χ1) is 15.7. The van der Waals surface area contributed by atoms with E-state index in [1.54, 1.807) is 0 Å². The van der Waals surface area contributed by atoms with Crippen molar-refractivity contribution in [2.75, 3.05) is 11.5 Å². The maximum absolute atomic E-state index is 5.82. The van der Waals surface area contributed by atoms with Gasteiger partial charge in [-0.05, 0) is 68.8 Å². The summed E-state index contributed by atoms with van der Waals surface area (Å²) in [5.74, 6) is 0. The molecule has 0 heterocycles. The van der Waals surface area contributed by atoms with E-state index in [0.29, 0.717) is 0 Å². The van der Waals surface area contributed by atoms with Crippen LogP contribution in [0.15, 0.2) is 121 Å². The zero-order valence-electron chi connectivity index (χ0n) is 17.7. The summed E-state index contributed by atoms with van der Waals surface area (Å²) < 4.78 is 0. The van der Waals surface area contributed by atoms with Crippen LogP contribution in [0.5, 0.6) is 0 Å². The molecular weight excluding hydrogens is 388 g/mol. The Hall–Kier alpha value is -4.30. The third-order valence-electron chi connectivity index (χ3n) is 5.81. The lowest BCUT2D eigenvalue weighted by atomic mass is 9.92. The Morgan fingerprint density at radius 2 is 0.531 bits per heavy atom. The largest absolute Gasteiger partial charge is 0.399 e. The Morgan fingerprint density at radius 3 is 0.844 bits per heavy atom. The highest BCUT2D eigenvalue weighted by molar-refractivity contribution is 5.85. The lowest BCUT2D eigenvalue weighted by molar-refractivity contribution is 1.56. The molecule has 2 nitrogen and oxygen atoms in total. The molecule has 0 saturated carbocycles. The zero-order valence-corrected chi connectivity index (χ0v) is 17.7. The molecule has 0 aliphatic heterocycles. The van der Waals surface area contributed by atoms with Crippen molar-refractivity contribution >= 4 is 11.4 Å². The molecule has 0 saturated heterocycles. The average molecular weight is 413 g/mol. The summed E-state index contributed by atoms with van der Waals surface area (Å²) in [5, 5.41) is 0. The van der Waals surface area contributed by atoms with E-state index >= 15 is 0 Å². The van der Waals surface area contributed by atoms with Gasteiger partial charge in [-0.15, -0.1) is 0 Å². The van der Waals surface area contributed by atoms with Crippen molar-refractivity contribution in [1.82, 2.24) is 0 Å². The molecular formula is C30H24N2. The predicted octanol–water partition coefficient (Wildman–Crippen LogP) is 7.52. The Morgan fingerprint density at radius 1 is 0.281 bits per heavy atom. The zero-order chi connectivity index (χ0) is 21.9. The summed E-state index contributed by atoms with van der Waals surface area (Å²) >= 11 is 0. The van der Waals surface area contributed by atoms with Gasteiger partial charge < -0.3 is 11.5 Å². The smallest absolute Gasteiger partial charge is 0.0314 e. The molecule has 32 heavy (non-hydrogen) atoms. The van der Waals surface area contributed by atoms with Crippen molar-refractivity contribution in [1.29, 1.82) is 0 Å². The molecule has 0 bridgehead atoms. The van der Waals surface area contributed by atoms with Gasteiger partial charge in [0.1, 0.15) is 0 Å². The Balaban J connectivity index is 1.46. The first-order valence-corrected chi connectivity index (χ1v) is 10.7. The quantitative estimate of drug-likeness (QED) is 0.300. The molecule has 154 valence electrons. The number of hydrogen-bond donors (Lipinski definition) is 2. The average Bonchev–Trinajstić information content (AvgIpc) is 2.85. The standard InChI is InChI=1S/C30H24N2/c31-27-17-13-23(14-18-27)21-5-9-25(10-6-21)29-3-1-2-4-30(29)26-11-7-22(8-12-26)24-15-19-28(32)20-16-24/h1-20H,31-32H2. The minimum atomic E-state index is 0.779. The summed E-state index contributed by atoms with van der Waals surface area (Å²) in [7, 11) is 0. The maximum atomic E-state index is 5.82. The number of nitrogen functional groups attached to an aromatic ring is 2. The minimum absolute atomic E-state index is 0.779. The lowest BCUT2D eigenvalue weighted by Crippen LogP contribution is -1.87. The van der Waals surface area contributed by atoms with E-state index in [4.69, 9.17) is 11.5 Å². The summed E-state index contributed by atoms with van der Waals surface area (Å²) in [4.78, 5) is 0. The van der Waals surface area contributed by atoms with E-state index in [0.717, 1.165) is 22.5 Å². The highest BCUT2D eigenvalue weighted by atomic mass is 14.5. The van der Waals surface area contributed by atoms with Crippen molar-refractivity contribution in [3.8, 4) is 44.5 Å². The lowest BCUT2D eigenvalue weighted by Gasteiger charge is -2.12. The molecule has 0 amide bonds. The first-order valence-electron chi connectivity index (χ1n) is 10.7. The number of benzene rings is 5. The van der Waals surface area contributed by atoms with E-state index in [2.05, 4.69) is 97.1 Å². The van der Waals surface area contributed by atoms with Gasteiger partial charge in [0, 0.05) is 11.4 Å². The fourth-order valence-corrected chi connectivity index (χ4v) is 4.02. The van der Waals surface area contributed by atoms with Crippen molar-refractivity contribution in [3.05, 3.63) is 121 Å². The van der Waals surface area contributed by atoms with E-state index in [1.807, 2.05) is 24.3 Å². The molecule has 0 radical (unpaired) electrons. The fraction of sp³-hybridized carbons (Fsp3) is 0. The highest BCUT2D eigenvalue weighted by Gasteiger charge is 2.08. The molecule has 0 aliphatic carbocycles. The minimum Gasteiger partial charge on any atom is -0.399 e. The molecule has 0 spiro atoms. The highest BCUT2D eigenvalue weighted by Crippen LogP contribution is 2.34. The number of hydrogen-bond acceptors (Lipinski definition) is 2. The molecule has 0 atom stereocenters. The first kappa shape index (κ1) is 19.7. The van der Waals surface area contributed by atoms with Gasteiger partial charge in [0.2, 0.25) is 0 Å². The van der Waals surface area contributed by atoms with E-state index < -0.39 is 0 Å². The molecule has 0 unspecified atom stereocenters. The second-order valence-electron chi connectivity index (χ2n) is 7.94. The van der Waals surface area contributed by atoms with Crippen LogP contribution in [0.3, 0.4) is 0 Å². The summed E-state index contributed by atoms with van der Waals surface area (Å²) in [6, 6.07) is 41.9. The van der Waals surface area contributed by atoms with Crippen LogP contribution in [0.2, 0.25) is 0 Å². The molecule has 0 aromatic heterocycles. The van der Waals surface area contributed by atoms with Crippen LogP contribution in [0.1, 0.15) is 0 Å². The normalized spacial score (nSPS) is 10.8. The second kappa shape index (κ2) is 8.44. The molecule has 5 rings (SSSR count). The third kappa shape index (κ3) is 3.99. The van der Waals surface area contributed by atoms with Crippen LogP contribution in [-0.4, -0.2) is 0 Å². The monoisotopic (exact) mass is 412 g/mol. The summed E-state index contributed by atoms with van der Waals surface area (Å²) in [6.07, 6.45) is 0. The topological polar surface area (TPSA) is 52.0 Å². The van der Waals surface area contributed by atoms with E-state index in [1.165, 1.54) is 33.4 Å². The number of nitrogens with two attached hydrogens (primary N) is 2. The predicted molar refractivity (Wildman–Crippen MR) is 137 cm³/mol. The fourth-order valence-electron chi connectivity index (χ4n) is 4.02. The van der Waals surface area contributed by atoms with Gasteiger partial charge in [-0.25, -0.2) is 0 Å². The van der Waals surface area contributed by atoms with Crippen LogP contribution in [0, 0.1) is 0 Å². The van der Waals surface area contributed by atoms with Gasteiger partial charge in [-0.2, -0.15) is 0 Å². The molecule has 2 heteroatoms. The number of anilines is 2. The van der Waals surface area contributed by atoms with E-state index in [9.17, 15) is 0 Å². The van der Waals surface area contributed by atoms with Gasteiger partial charge in [0.15, 0.2) is 0 Å². The van der Waals surface area contributed by atoms with Crippen LogP contribution >= 0.6 is 0 Å². The molecule has 4 N–H and O–H groups in total. The van der Waals surface area contributed by atoms with Crippen LogP contribution in [0.4, 0.5) is 11.4 Å². The van der Waals surface area contributed by atoms with Crippen LogP contribution < -0.4 is 11.5 Å². The maximum Gasteiger partial charge on any atom is 0.0314 e. The van der Waals surface area contributed by atoms with Gasteiger partial charge in [-0.3, -0.25) is 0 Å². The van der Waals surface area contributed by atoms with Crippen LogP contribution in [-0.2, 0) is 0 Å². The van der Waals surface area contributed by atoms with Gasteiger partial charge in [0.05, 0.1) is 0 Å². The van der Waals surface area contributed by atoms with Crippen molar-refractivity contribution in [2.24, 2.45) is 0 Å². The number of rotatable bonds is 4. The Kier molecular flexibility index (Phi) is 5.19. The molecule has 0 aliphatic rings. The van der Waals surface area contributed by atoms with Crippen LogP contribution in [0.25, 0.3) is 44.5 Å². The van der Waals surface area contributed by atoms with Crippen molar-refractivity contribution < 1.29 is 0 Å². The van der Waals surface area contributed by atoms with Gasteiger partial charge in [-0.1, -0.05) is 97.1 Å². The Labute approximate surface area is 188 Å². The SMILES string of the molecule is Nc1ccc(-c2ccc(-c3ccccc3-c3ccc(-c4ccc(N)cc4)cc3)cc2)cc1. The van der Waals surface area contributed by atoms with Gasteiger partial charge >= 0.3 is 0 Å². The Bertz CT molecular complexity index is 1220. The molecule has 5 aromatic carbocycles. The molecule has 0 fully saturated rings. The van der Waals surface area contributed by atoms with E-state index in [-0.39, 0.29) is 0 Å². The third-order valence-corrected chi connectivity index (χ3v) is 5.81. The summed E-state index contributed by atoms with van der Waals surface area (Å²) in [6.45, 7) is 0.